The molecular weight excluding hydrogens is 216 g/mol. The smallest absolute Gasteiger partial charge is 0.246 e. The van der Waals surface area contributed by atoms with E-state index in [1.807, 2.05) is 4.90 Å². The molecule has 4 nitrogen and oxygen atoms in total. The van der Waals surface area contributed by atoms with E-state index in [1.54, 1.807) is 0 Å². The zero-order valence-corrected chi connectivity index (χ0v) is 10.4. The molecule has 0 aromatic heterocycles. The molecule has 2 amide bonds. The lowest BCUT2D eigenvalue weighted by Gasteiger charge is -2.52. The Morgan fingerprint density at radius 1 is 1.35 bits per heavy atom. The number of piperazine rings is 1. The third kappa shape index (κ3) is 1.65. The highest BCUT2D eigenvalue weighted by Gasteiger charge is 2.50. The number of carbonyl (C=O) groups excluding carboxylic acids is 2. The fraction of sp³-hybridized carbons (Fsp3) is 0.846. The number of carbonyl (C=O) groups is 2. The van der Waals surface area contributed by atoms with E-state index in [2.05, 4.69) is 12.2 Å². The first-order valence-corrected chi connectivity index (χ1v) is 6.77. The number of amides is 2. The van der Waals surface area contributed by atoms with Gasteiger partial charge < -0.3 is 10.2 Å². The summed E-state index contributed by atoms with van der Waals surface area (Å²) in [6.45, 7) is 2.40. The minimum atomic E-state index is -0.222. The van der Waals surface area contributed by atoms with Gasteiger partial charge in [-0.05, 0) is 44.4 Å². The second-order valence-electron chi connectivity index (χ2n) is 5.74. The Hall–Kier alpha value is -1.06. The zero-order chi connectivity index (χ0) is 12.0. The Kier molecular flexibility index (Phi) is 2.42. The molecule has 2 saturated carbocycles. The summed E-state index contributed by atoms with van der Waals surface area (Å²) in [5.74, 6) is 0.609. The van der Waals surface area contributed by atoms with E-state index in [-0.39, 0.29) is 29.9 Å². The van der Waals surface area contributed by atoms with Gasteiger partial charge >= 0.3 is 0 Å². The molecule has 1 heterocycles. The van der Waals surface area contributed by atoms with Gasteiger partial charge in [0.15, 0.2) is 0 Å². The van der Waals surface area contributed by atoms with Crippen molar-refractivity contribution in [2.45, 2.75) is 57.0 Å². The van der Waals surface area contributed by atoms with Crippen molar-refractivity contribution in [3.8, 4) is 0 Å². The first kappa shape index (κ1) is 11.1. The van der Waals surface area contributed by atoms with Crippen LogP contribution in [-0.2, 0) is 9.59 Å². The van der Waals surface area contributed by atoms with Crippen molar-refractivity contribution in [1.82, 2.24) is 10.2 Å². The number of nitrogens with one attached hydrogen (secondary N) is 1. The van der Waals surface area contributed by atoms with Gasteiger partial charge in [-0.25, -0.2) is 0 Å². The Bertz CT molecular complexity index is 353. The molecule has 17 heavy (non-hydrogen) atoms. The number of rotatable bonds is 3. The highest BCUT2D eigenvalue weighted by Crippen LogP contribution is 2.43. The van der Waals surface area contributed by atoms with Crippen molar-refractivity contribution in [3.63, 3.8) is 0 Å². The lowest BCUT2D eigenvalue weighted by atomic mass is 9.72. The molecule has 0 radical (unpaired) electrons. The zero-order valence-electron chi connectivity index (χ0n) is 10.4. The maximum atomic E-state index is 12.5. The Morgan fingerprint density at radius 3 is 2.53 bits per heavy atom. The summed E-state index contributed by atoms with van der Waals surface area (Å²) in [5.41, 5.74) is 0.00197. The average molecular weight is 236 g/mol. The molecule has 94 valence electrons. The van der Waals surface area contributed by atoms with Gasteiger partial charge in [-0.2, -0.15) is 0 Å². The van der Waals surface area contributed by atoms with Crippen LogP contribution in [0.3, 0.4) is 0 Å². The molecule has 0 spiro atoms. The fourth-order valence-electron chi connectivity index (χ4n) is 3.22. The highest BCUT2D eigenvalue weighted by atomic mass is 16.2. The van der Waals surface area contributed by atoms with Crippen LogP contribution in [0.5, 0.6) is 0 Å². The van der Waals surface area contributed by atoms with E-state index in [1.165, 1.54) is 6.42 Å². The Balaban J connectivity index is 1.82. The summed E-state index contributed by atoms with van der Waals surface area (Å²) in [5, 5.41) is 2.87. The molecule has 1 aliphatic heterocycles. The minimum Gasteiger partial charge on any atom is -0.342 e. The monoisotopic (exact) mass is 236 g/mol. The van der Waals surface area contributed by atoms with Crippen LogP contribution in [0, 0.1) is 5.92 Å². The molecule has 3 rings (SSSR count). The van der Waals surface area contributed by atoms with E-state index in [4.69, 9.17) is 0 Å². The third-order valence-corrected chi connectivity index (χ3v) is 4.76. The molecular formula is C13H20N2O2. The van der Waals surface area contributed by atoms with Gasteiger partial charge in [0.1, 0.15) is 12.6 Å². The molecule has 1 unspecified atom stereocenters. The number of hydrogen-bond acceptors (Lipinski definition) is 2. The molecule has 1 N–H and O–H groups in total. The van der Waals surface area contributed by atoms with Gasteiger partial charge in [0.2, 0.25) is 11.8 Å². The lowest BCUT2D eigenvalue weighted by molar-refractivity contribution is -0.155. The third-order valence-electron chi connectivity index (χ3n) is 4.76. The van der Waals surface area contributed by atoms with Crippen LogP contribution in [0.25, 0.3) is 0 Å². The van der Waals surface area contributed by atoms with Crippen molar-refractivity contribution in [1.29, 1.82) is 0 Å². The van der Waals surface area contributed by atoms with Gasteiger partial charge in [-0.3, -0.25) is 9.59 Å². The summed E-state index contributed by atoms with van der Waals surface area (Å²) in [4.78, 5) is 26.1. The van der Waals surface area contributed by atoms with Crippen LogP contribution in [-0.4, -0.2) is 34.8 Å². The molecule has 1 saturated heterocycles. The van der Waals surface area contributed by atoms with E-state index >= 15 is 0 Å². The summed E-state index contributed by atoms with van der Waals surface area (Å²) in [6, 6.07) is -0.222. The maximum absolute atomic E-state index is 12.5. The SMILES string of the molecule is CCC1(N2CC(=O)NC(C3CC3)C2=O)CCC1. The molecule has 1 atom stereocenters. The van der Waals surface area contributed by atoms with Crippen LogP contribution in [0.1, 0.15) is 45.4 Å². The summed E-state index contributed by atoms with van der Waals surface area (Å²) >= 11 is 0. The second-order valence-corrected chi connectivity index (χ2v) is 5.74. The topological polar surface area (TPSA) is 49.4 Å². The lowest BCUT2D eigenvalue weighted by Crippen LogP contribution is -2.67. The standard InChI is InChI=1S/C13H20N2O2/c1-2-13(6-3-7-13)15-8-10(16)14-11(12(15)17)9-4-5-9/h9,11H,2-8H2,1H3,(H,14,16). The van der Waals surface area contributed by atoms with Gasteiger partial charge in [0.05, 0.1) is 0 Å². The largest absolute Gasteiger partial charge is 0.342 e. The van der Waals surface area contributed by atoms with Gasteiger partial charge in [-0.1, -0.05) is 6.92 Å². The first-order valence-electron chi connectivity index (χ1n) is 6.77. The number of nitrogens with zero attached hydrogens (tertiary/aromatic N) is 1. The van der Waals surface area contributed by atoms with Crippen LogP contribution in [0.2, 0.25) is 0 Å². The van der Waals surface area contributed by atoms with E-state index in [9.17, 15) is 9.59 Å². The van der Waals surface area contributed by atoms with Crippen molar-refractivity contribution in [2.24, 2.45) is 5.92 Å². The van der Waals surface area contributed by atoms with E-state index in [0.717, 1.165) is 32.1 Å². The molecule has 0 aromatic carbocycles. The summed E-state index contributed by atoms with van der Waals surface area (Å²) < 4.78 is 0. The Labute approximate surface area is 102 Å². The van der Waals surface area contributed by atoms with Crippen LogP contribution in [0.15, 0.2) is 0 Å². The van der Waals surface area contributed by atoms with Crippen LogP contribution < -0.4 is 5.32 Å². The van der Waals surface area contributed by atoms with Crippen molar-refractivity contribution < 1.29 is 9.59 Å². The van der Waals surface area contributed by atoms with Crippen molar-refractivity contribution in [2.75, 3.05) is 6.54 Å². The van der Waals surface area contributed by atoms with Crippen molar-refractivity contribution >= 4 is 11.8 Å². The molecule has 4 heteroatoms. The van der Waals surface area contributed by atoms with Crippen molar-refractivity contribution in [3.05, 3.63) is 0 Å². The normalized spacial score (nSPS) is 32.1. The molecule has 0 aromatic rings. The van der Waals surface area contributed by atoms with Gasteiger partial charge in [0, 0.05) is 5.54 Å². The van der Waals surface area contributed by atoms with Gasteiger partial charge in [-0.15, -0.1) is 0 Å². The first-order chi connectivity index (χ1) is 8.16. The van der Waals surface area contributed by atoms with Crippen LogP contribution in [0.4, 0.5) is 0 Å². The molecule has 2 aliphatic carbocycles. The van der Waals surface area contributed by atoms with Gasteiger partial charge in [0.25, 0.3) is 0 Å². The Morgan fingerprint density at radius 2 is 2.06 bits per heavy atom. The van der Waals surface area contributed by atoms with E-state index < -0.39 is 0 Å². The fourth-order valence-corrected chi connectivity index (χ4v) is 3.22. The predicted octanol–water partition coefficient (Wildman–Crippen LogP) is 1.06. The highest BCUT2D eigenvalue weighted by molar-refractivity contribution is 5.95. The summed E-state index contributed by atoms with van der Waals surface area (Å²) in [6.07, 6.45) is 6.48. The number of hydrogen-bond donors (Lipinski definition) is 1. The maximum Gasteiger partial charge on any atom is 0.246 e. The predicted molar refractivity (Wildman–Crippen MR) is 63.2 cm³/mol. The van der Waals surface area contributed by atoms with E-state index in [0.29, 0.717) is 5.92 Å². The average Bonchev–Trinajstić information content (AvgIpc) is 3.05. The molecule has 0 bridgehead atoms. The minimum absolute atomic E-state index is 0.00197. The van der Waals surface area contributed by atoms with Crippen LogP contribution >= 0.6 is 0 Å². The molecule has 3 fully saturated rings. The second kappa shape index (κ2) is 3.72. The summed E-state index contributed by atoms with van der Waals surface area (Å²) in [7, 11) is 0. The quantitative estimate of drug-likeness (QED) is 0.796. The molecule has 3 aliphatic rings.